The summed E-state index contributed by atoms with van der Waals surface area (Å²) in [4.78, 5) is 17.0. The van der Waals surface area contributed by atoms with Gasteiger partial charge in [0.2, 0.25) is 5.91 Å². The van der Waals surface area contributed by atoms with Gasteiger partial charge in [0.05, 0.1) is 0 Å². The number of piperidine rings is 2. The standard InChI is InChI=1S/C17H33N3O/c1-15(2)18-10-6-7-17(21)20-13-8-16(9-14-20)19-11-4-3-5-12-19/h15-16,18H,3-14H2,1-2H3. The average Bonchev–Trinajstić information content (AvgIpc) is 2.52. The summed E-state index contributed by atoms with van der Waals surface area (Å²) >= 11 is 0. The fourth-order valence-corrected chi connectivity index (χ4v) is 3.55. The molecule has 2 aliphatic rings. The van der Waals surface area contributed by atoms with Gasteiger partial charge in [-0.05, 0) is 51.7 Å². The molecule has 2 heterocycles. The van der Waals surface area contributed by atoms with Crippen molar-refractivity contribution in [1.29, 1.82) is 0 Å². The number of likely N-dealkylation sites (tertiary alicyclic amines) is 2. The van der Waals surface area contributed by atoms with Crippen LogP contribution in [-0.2, 0) is 4.79 Å². The van der Waals surface area contributed by atoms with Gasteiger partial charge in [-0.25, -0.2) is 0 Å². The summed E-state index contributed by atoms with van der Waals surface area (Å²) in [6.07, 6.45) is 8.14. The van der Waals surface area contributed by atoms with Crippen LogP contribution < -0.4 is 5.32 Å². The average molecular weight is 295 g/mol. The van der Waals surface area contributed by atoms with Gasteiger partial charge >= 0.3 is 0 Å². The molecule has 0 spiro atoms. The highest BCUT2D eigenvalue weighted by molar-refractivity contribution is 5.76. The third kappa shape index (κ3) is 5.59. The maximum absolute atomic E-state index is 12.2. The fraction of sp³-hybridized carbons (Fsp3) is 0.941. The zero-order chi connectivity index (χ0) is 15.1. The van der Waals surface area contributed by atoms with Gasteiger partial charge in [0.1, 0.15) is 0 Å². The van der Waals surface area contributed by atoms with Crippen molar-refractivity contribution in [3.8, 4) is 0 Å². The number of hydrogen-bond donors (Lipinski definition) is 1. The molecule has 1 N–H and O–H groups in total. The molecule has 2 saturated heterocycles. The number of hydrogen-bond acceptors (Lipinski definition) is 3. The maximum Gasteiger partial charge on any atom is 0.222 e. The molecule has 2 rings (SSSR count). The molecule has 1 amide bonds. The van der Waals surface area contributed by atoms with Crippen molar-refractivity contribution < 1.29 is 4.79 Å². The summed E-state index contributed by atoms with van der Waals surface area (Å²) in [6.45, 7) is 9.74. The Labute approximate surface area is 130 Å². The highest BCUT2D eigenvalue weighted by Gasteiger charge is 2.27. The summed E-state index contributed by atoms with van der Waals surface area (Å²) in [6, 6.07) is 1.25. The number of carbonyl (C=O) groups is 1. The van der Waals surface area contributed by atoms with E-state index < -0.39 is 0 Å². The van der Waals surface area contributed by atoms with Gasteiger partial charge in [-0.15, -0.1) is 0 Å². The van der Waals surface area contributed by atoms with Gasteiger partial charge in [0, 0.05) is 31.6 Å². The first-order valence-corrected chi connectivity index (χ1v) is 8.92. The smallest absolute Gasteiger partial charge is 0.222 e. The number of nitrogens with zero attached hydrogens (tertiary/aromatic N) is 2. The Morgan fingerprint density at radius 3 is 2.38 bits per heavy atom. The molecule has 0 aromatic heterocycles. The van der Waals surface area contributed by atoms with E-state index in [2.05, 4.69) is 29.0 Å². The molecule has 0 aliphatic carbocycles. The first-order chi connectivity index (χ1) is 10.2. The van der Waals surface area contributed by atoms with Crippen molar-refractivity contribution >= 4 is 5.91 Å². The molecule has 2 fully saturated rings. The quantitative estimate of drug-likeness (QED) is 0.763. The zero-order valence-electron chi connectivity index (χ0n) is 13.9. The van der Waals surface area contributed by atoms with Gasteiger partial charge in [-0.3, -0.25) is 4.79 Å². The van der Waals surface area contributed by atoms with Gasteiger partial charge in [0.25, 0.3) is 0 Å². The lowest BCUT2D eigenvalue weighted by molar-refractivity contribution is -0.132. The normalized spacial score (nSPS) is 22.0. The van der Waals surface area contributed by atoms with E-state index in [0.717, 1.165) is 32.1 Å². The van der Waals surface area contributed by atoms with E-state index in [1.54, 1.807) is 0 Å². The third-order valence-corrected chi connectivity index (χ3v) is 4.84. The second-order valence-corrected chi connectivity index (χ2v) is 6.92. The first-order valence-electron chi connectivity index (χ1n) is 8.92. The Morgan fingerprint density at radius 2 is 1.76 bits per heavy atom. The van der Waals surface area contributed by atoms with Crippen LogP contribution in [0.1, 0.15) is 58.8 Å². The summed E-state index contributed by atoms with van der Waals surface area (Å²) in [7, 11) is 0. The molecule has 2 aliphatic heterocycles. The Morgan fingerprint density at radius 1 is 1.10 bits per heavy atom. The molecule has 0 radical (unpaired) electrons. The van der Waals surface area contributed by atoms with Gasteiger partial charge in [-0.2, -0.15) is 0 Å². The highest BCUT2D eigenvalue weighted by atomic mass is 16.2. The van der Waals surface area contributed by atoms with Crippen molar-refractivity contribution in [2.45, 2.75) is 70.9 Å². The van der Waals surface area contributed by atoms with Crippen LogP contribution in [0.5, 0.6) is 0 Å². The van der Waals surface area contributed by atoms with E-state index in [1.807, 2.05) is 0 Å². The van der Waals surface area contributed by atoms with Crippen LogP contribution in [0.2, 0.25) is 0 Å². The SMILES string of the molecule is CC(C)NCCCC(=O)N1CCC(N2CCCCC2)CC1. The van der Waals surface area contributed by atoms with Crippen molar-refractivity contribution in [2.75, 3.05) is 32.7 Å². The van der Waals surface area contributed by atoms with Crippen LogP contribution in [0.25, 0.3) is 0 Å². The molecular weight excluding hydrogens is 262 g/mol. The number of amides is 1. The maximum atomic E-state index is 12.2. The van der Waals surface area contributed by atoms with Crippen LogP contribution >= 0.6 is 0 Å². The number of rotatable bonds is 6. The molecule has 0 aromatic rings. The lowest BCUT2D eigenvalue weighted by Crippen LogP contribution is -2.48. The molecular formula is C17H33N3O. The Balaban J connectivity index is 1.62. The Kier molecular flexibility index (Phi) is 6.97. The second-order valence-electron chi connectivity index (χ2n) is 6.92. The van der Waals surface area contributed by atoms with E-state index in [9.17, 15) is 4.79 Å². The monoisotopic (exact) mass is 295 g/mol. The summed E-state index contributed by atoms with van der Waals surface area (Å²) < 4.78 is 0. The fourth-order valence-electron chi connectivity index (χ4n) is 3.55. The summed E-state index contributed by atoms with van der Waals surface area (Å²) in [5.41, 5.74) is 0. The summed E-state index contributed by atoms with van der Waals surface area (Å²) in [5.74, 6) is 0.359. The van der Waals surface area contributed by atoms with Crippen LogP contribution in [0.4, 0.5) is 0 Å². The lowest BCUT2D eigenvalue weighted by atomic mass is 9.99. The highest BCUT2D eigenvalue weighted by Crippen LogP contribution is 2.21. The Hall–Kier alpha value is -0.610. The molecule has 0 bridgehead atoms. The minimum atomic E-state index is 0.359. The van der Waals surface area contributed by atoms with Crippen molar-refractivity contribution in [3.63, 3.8) is 0 Å². The van der Waals surface area contributed by atoms with E-state index >= 15 is 0 Å². The molecule has 0 unspecified atom stereocenters. The van der Waals surface area contributed by atoms with Crippen molar-refractivity contribution in [2.24, 2.45) is 0 Å². The minimum Gasteiger partial charge on any atom is -0.343 e. The zero-order valence-corrected chi connectivity index (χ0v) is 13.9. The van der Waals surface area contributed by atoms with Gasteiger partial charge in [0.15, 0.2) is 0 Å². The Bertz CT molecular complexity index is 305. The van der Waals surface area contributed by atoms with Crippen LogP contribution in [0.3, 0.4) is 0 Å². The van der Waals surface area contributed by atoms with E-state index in [4.69, 9.17) is 0 Å². The molecule has 0 saturated carbocycles. The van der Waals surface area contributed by atoms with Crippen LogP contribution in [0, 0.1) is 0 Å². The summed E-state index contributed by atoms with van der Waals surface area (Å²) in [5, 5.41) is 3.38. The molecule has 4 nitrogen and oxygen atoms in total. The van der Waals surface area contributed by atoms with Crippen molar-refractivity contribution in [1.82, 2.24) is 15.1 Å². The van der Waals surface area contributed by atoms with Gasteiger partial charge in [-0.1, -0.05) is 20.3 Å². The van der Waals surface area contributed by atoms with Crippen molar-refractivity contribution in [3.05, 3.63) is 0 Å². The largest absolute Gasteiger partial charge is 0.343 e. The molecule has 21 heavy (non-hydrogen) atoms. The van der Waals surface area contributed by atoms with E-state index in [0.29, 0.717) is 18.4 Å². The molecule has 0 aromatic carbocycles. The topological polar surface area (TPSA) is 35.6 Å². The predicted molar refractivity (Wildman–Crippen MR) is 87.4 cm³/mol. The number of nitrogens with one attached hydrogen (secondary N) is 1. The van der Waals surface area contributed by atoms with E-state index in [-0.39, 0.29) is 0 Å². The number of carbonyl (C=O) groups excluding carboxylic acids is 1. The van der Waals surface area contributed by atoms with Gasteiger partial charge < -0.3 is 15.1 Å². The van der Waals surface area contributed by atoms with Crippen LogP contribution in [-0.4, -0.2) is 60.5 Å². The minimum absolute atomic E-state index is 0.359. The third-order valence-electron chi connectivity index (χ3n) is 4.84. The first kappa shape index (κ1) is 16.8. The van der Waals surface area contributed by atoms with Crippen LogP contribution in [0.15, 0.2) is 0 Å². The lowest BCUT2D eigenvalue weighted by Gasteiger charge is -2.40. The predicted octanol–water partition coefficient (Wildman–Crippen LogP) is 2.24. The van der Waals surface area contributed by atoms with E-state index in [1.165, 1.54) is 45.2 Å². The molecule has 122 valence electrons. The molecule has 4 heteroatoms. The second kappa shape index (κ2) is 8.74. The molecule has 0 atom stereocenters.